The first-order valence-electron chi connectivity index (χ1n) is 9.94. The number of carbonyl (C=O) groups is 1. The fourth-order valence-electron chi connectivity index (χ4n) is 4.68. The quantitative estimate of drug-likeness (QED) is 0.457. The zero-order valence-electron chi connectivity index (χ0n) is 16.2. The molecule has 2 bridgehead atoms. The lowest BCUT2D eigenvalue weighted by Gasteiger charge is -2.31. The Kier molecular flexibility index (Phi) is 6.78. The van der Waals surface area contributed by atoms with Gasteiger partial charge in [0.2, 0.25) is 10.0 Å². The summed E-state index contributed by atoms with van der Waals surface area (Å²) >= 11 is 0. The van der Waals surface area contributed by atoms with E-state index in [9.17, 15) is 13.2 Å². The Morgan fingerprint density at radius 3 is 2.61 bits per heavy atom. The van der Waals surface area contributed by atoms with Crippen molar-refractivity contribution in [2.45, 2.75) is 55.9 Å². The molecule has 4 atom stereocenters. The average Bonchev–Trinajstić information content (AvgIpc) is 3.26. The van der Waals surface area contributed by atoms with Crippen LogP contribution in [0.2, 0.25) is 0 Å². The van der Waals surface area contributed by atoms with E-state index >= 15 is 0 Å². The molecule has 6 nitrogen and oxygen atoms in total. The largest absolute Gasteiger partial charge is 0.497 e. The van der Waals surface area contributed by atoms with Gasteiger partial charge in [0, 0.05) is 12.5 Å². The number of carboxylic acid groups (broad SMARTS) is 1. The maximum absolute atomic E-state index is 12.9. The SMILES string of the molecule is COc1ccc(S(=O)(=O)N[C@H]2C3CC[C@H](C3)[C@@H]2C/C=C\CCCC(=O)O)cc1. The van der Waals surface area contributed by atoms with Gasteiger partial charge in [-0.25, -0.2) is 13.1 Å². The van der Waals surface area contributed by atoms with Crippen molar-refractivity contribution in [1.82, 2.24) is 4.72 Å². The van der Waals surface area contributed by atoms with Gasteiger partial charge in [-0.1, -0.05) is 12.2 Å². The van der Waals surface area contributed by atoms with E-state index in [1.54, 1.807) is 31.4 Å². The summed E-state index contributed by atoms with van der Waals surface area (Å²) in [4.78, 5) is 10.8. The van der Waals surface area contributed by atoms with E-state index in [4.69, 9.17) is 9.84 Å². The van der Waals surface area contributed by atoms with Gasteiger partial charge in [-0.15, -0.1) is 0 Å². The van der Waals surface area contributed by atoms with Gasteiger partial charge in [0.1, 0.15) is 5.75 Å². The number of rotatable bonds is 10. The summed E-state index contributed by atoms with van der Waals surface area (Å²) in [5, 5.41) is 8.68. The molecule has 0 amide bonds. The third-order valence-electron chi connectivity index (χ3n) is 6.09. The lowest BCUT2D eigenvalue weighted by molar-refractivity contribution is -0.137. The zero-order chi connectivity index (χ0) is 20.1. The van der Waals surface area contributed by atoms with Crippen LogP contribution in [-0.4, -0.2) is 32.6 Å². The maximum Gasteiger partial charge on any atom is 0.303 e. The van der Waals surface area contributed by atoms with Crippen LogP contribution >= 0.6 is 0 Å². The van der Waals surface area contributed by atoms with Gasteiger partial charge in [-0.3, -0.25) is 4.79 Å². The van der Waals surface area contributed by atoms with Crippen molar-refractivity contribution in [2.24, 2.45) is 17.8 Å². The molecule has 28 heavy (non-hydrogen) atoms. The molecule has 154 valence electrons. The standard InChI is InChI=1S/C21H29NO5S/c1-27-17-10-12-18(13-11-17)28(25,26)22-21-16-9-8-15(14-16)19(21)6-4-2-3-5-7-20(23)24/h2,4,10-13,15-16,19,21-22H,3,5-9,14H2,1H3,(H,23,24)/b4-2-/t15-,16?,19+,21+/m1/s1. The van der Waals surface area contributed by atoms with Crippen LogP contribution in [0.25, 0.3) is 0 Å². The molecule has 7 heteroatoms. The first-order chi connectivity index (χ1) is 13.4. The number of unbranched alkanes of at least 4 members (excludes halogenated alkanes) is 1. The van der Waals surface area contributed by atoms with E-state index in [0.717, 1.165) is 25.7 Å². The predicted molar refractivity (Wildman–Crippen MR) is 107 cm³/mol. The molecule has 2 saturated carbocycles. The van der Waals surface area contributed by atoms with Gasteiger partial charge in [-0.2, -0.15) is 0 Å². The minimum Gasteiger partial charge on any atom is -0.497 e. The highest BCUT2D eigenvalue weighted by molar-refractivity contribution is 7.89. The van der Waals surface area contributed by atoms with Crippen LogP contribution in [0.15, 0.2) is 41.3 Å². The van der Waals surface area contributed by atoms with Crippen molar-refractivity contribution in [3.05, 3.63) is 36.4 Å². The van der Waals surface area contributed by atoms with E-state index in [2.05, 4.69) is 10.8 Å². The van der Waals surface area contributed by atoms with E-state index in [1.807, 2.05) is 6.08 Å². The monoisotopic (exact) mass is 407 g/mol. The number of aliphatic carboxylic acids is 1. The summed E-state index contributed by atoms with van der Waals surface area (Å²) in [5.41, 5.74) is 0. The van der Waals surface area contributed by atoms with E-state index < -0.39 is 16.0 Å². The van der Waals surface area contributed by atoms with Crippen molar-refractivity contribution >= 4 is 16.0 Å². The first-order valence-corrected chi connectivity index (χ1v) is 11.4. The van der Waals surface area contributed by atoms with Crippen molar-refractivity contribution in [2.75, 3.05) is 7.11 Å². The summed E-state index contributed by atoms with van der Waals surface area (Å²) in [6, 6.07) is 6.44. The first kappa shape index (κ1) is 20.9. The molecule has 1 aromatic carbocycles. The van der Waals surface area contributed by atoms with Crippen molar-refractivity contribution in [3.8, 4) is 5.75 Å². The van der Waals surface area contributed by atoms with Crippen LogP contribution in [0, 0.1) is 17.8 Å². The second-order valence-corrected chi connectivity index (χ2v) is 9.53. The second-order valence-electron chi connectivity index (χ2n) is 7.81. The number of allylic oxidation sites excluding steroid dienone is 2. The van der Waals surface area contributed by atoms with Crippen molar-refractivity contribution in [3.63, 3.8) is 0 Å². The highest BCUT2D eigenvalue weighted by Crippen LogP contribution is 2.50. The highest BCUT2D eigenvalue weighted by Gasteiger charge is 2.48. The Hall–Kier alpha value is -1.86. The zero-order valence-corrected chi connectivity index (χ0v) is 17.0. The minimum absolute atomic E-state index is 0.0329. The van der Waals surface area contributed by atoms with Crippen molar-refractivity contribution < 1.29 is 23.1 Å². The number of carboxylic acids is 1. The Morgan fingerprint density at radius 2 is 1.93 bits per heavy atom. The lowest BCUT2D eigenvalue weighted by Crippen LogP contribution is -2.43. The fourth-order valence-corrected chi connectivity index (χ4v) is 6.03. The molecule has 0 aromatic heterocycles. The van der Waals surface area contributed by atoms with Gasteiger partial charge in [0.15, 0.2) is 0 Å². The maximum atomic E-state index is 12.9. The molecule has 3 rings (SSSR count). The van der Waals surface area contributed by atoms with E-state index in [-0.39, 0.29) is 17.4 Å². The fraction of sp³-hybridized carbons (Fsp3) is 0.571. The van der Waals surface area contributed by atoms with Crippen LogP contribution in [0.5, 0.6) is 5.75 Å². The van der Waals surface area contributed by atoms with Crippen molar-refractivity contribution in [1.29, 1.82) is 0 Å². The van der Waals surface area contributed by atoms with Crippen LogP contribution in [0.1, 0.15) is 44.9 Å². The van der Waals surface area contributed by atoms with Crippen LogP contribution < -0.4 is 9.46 Å². The molecule has 0 heterocycles. The summed E-state index contributed by atoms with van der Waals surface area (Å²) < 4.78 is 33.8. The third kappa shape index (κ3) is 4.94. The van der Waals surface area contributed by atoms with Crippen LogP contribution in [0.4, 0.5) is 0 Å². The Morgan fingerprint density at radius 1 is 1.21 bits per heavy atom. The molecule has 1 unspecified atom stereocenters. The molecule has 2 aliphatic carbocycles. The van der Waals surface area contributed by atoms with Gasteiger partial charge >= 0.3 is 5.97 Å². The molecule has 0 aliphatic heterocycles. The lowest BCUT2D eigenvalue weighted by atomic mass is 9.83. The van der Waals surface area contributed by atoms with Gasteiger partial charge < -0.3 is 9.84 Å². The molecule has 2 N–H and O–H groups in total. The molecule has 0 spiro atoms. The molecule has 1 aromatic rings. The topological polar surface area (TPSA) is 92.7 Å². The smallest absolute Gasteiger partial charge is 0.303 e. The number of ether oxygens (including phenoxy) is 1. The number of methoxy groups -OCH3 is 1. The molecule has 0 saturated heterocycles. The van der Waals surface area contributed by atoms with Gasteiger partial charge in [0.25, 0.3) is 0 Å². The molecule has 0 radical (unpaired) electrons. The summed E-state index contributed by atoms with van der Waals surface area (Å²) in [6.07, 6.45) is 9.87. The normalized spacial score (nSPS) is 26.8. The summed E-state index contributed by atoms with van der Waals surface area (Å²) in [7, 11) is -2.02. The molecule has 2 fully saturated rings. The number of sulfonamides is 1. The minimum atomic E-state index is -3.57. The summed E-state index contributed by atoms with van der Waals surface area (Å²) in [5.74, 6) is 1.14. The Balaban J connectivity index is 1.62. The average molecular weight is 408 g/mol. The third-order valence-corrected chi connectivity index (χ3v) is 7.56. The number of hydrogen-bond acceptors (Lipinski definition) is 4. The van der Waals surface area contributed by atoms with Gasteiger partial charge in [0.05, 0.1) is 12.0 Å². The number of nitrogens with one attached hydrogen (secondary N) is 1. The number of hydrogen-bond donors (Lipinski definition) is 2. The molecule has 2 aliphatic rings. The van der Waals surface area contributed by atoms with Crippen LogP contribution in [-0.2, 0) is 14.8 Å². The molecular weight excluding hydrogens is 378 g/mol. The molecular formula is C21H29NO5S. The number of benzene rings is 1. The number of fused-ring (bicyclic) bond motifs is 2. The summed E-state index contributed by atoms with van der Waals surface area (Å²) in [6.45, 7) is 0. The van der Waals surface area contributed by atoms with E-state index in [0.29, 0.717) is 29.9 Å². The Bertz CT molecular complexity index is 803. The Labute approximate surface area is 167 Å². The van der Waals surface area contributed by atoms with E-state index in [1.165, 1.54) is 6.42 Å². The van der Waals surface area contributed by atoms with Gasteiger partial charge in [-0.05, 0) is 80.5 Å². The predicted octanol–water partition coefficient (Wildman–Crippen LogP) is 3.59. The van der Waals surface area contributed by atoms with Crippen LogP contribution in [0.3, 0.4) is 0 Å². The second kappa shape index (κ2) is 9.09. The highest BCUT2D eigenvalue weighted by atomic mass is 32.2.